The summed E-state index contributed by atoms with van der Waals surface area (Å²) in [5.41, 5.74) is 2.62. The first kappa shape index (κ1) is 19.6. The first-order chi connectivity index (χ1) is 13.9. The number of aryl methyl sites for hydroxylation is 1. The number of carboxylic acids is 1. The molecular weight excluding hydrogens is 376 g/mol. The number of carbonyl (C=O) groups excluding carboxylic acids is 3. The van der Waals surface area contributed by atoms with E-state index < -0.39 is 17.9 Å². The molecule has 1 aromatic carbocycles. The second-order valence-electron chi connectivity index (χ2n) is 7.95. The summed E-state index contributed by atoms with van der Waals surface area (Å²) >= 11 is 0. The molecule has 0 radical (unpaired) electrons. The van der Waals surface area contributed by atoms with E-state index in [1.807, 2.05) is 12.1 Å². The zero-order valence-corrected chi connectivity index (χ0v) is 16.1. The van der Waals surface area contributed by atoms with Crippen LogP contribution in [0, 0.1) is 5.92 Å². The van der Waals surface area contributed by atoms with Crippen molar-refractivity contribution in [1.29, 1.82) is 0 Å². The van der Waals surface area contributed by atoms with E-state index in [0.717, 1.165) is 24.0 Å². The molecule has 0 aromatic heterocycles. The van der Waals surface area contributed by atoms with Crippen LogP contribution in [0.25, 0.3) is 0 Å². The Morgan fingerprint density at radius 1 is 1.24 bits per heavy atom. The van der Waals surface area contributed by atoms with Crippen molar-refractivity contribution >= 4 is 23.7 Å². The predicted molar refractivity (Wildman–Crippen MR) is 101 cm³/mol. The van der Waals surface area contributed by atoms with Crippen molar-refractivity contribution in [3.8, 4) is 0 Å². The highest BCUT2D eigenvalue weighted by Gasteiger charge is 2.39. The van der Waals surface area contributed by atoms with E-state index in [1.165, 1.54) is 0 Å². The van der Waals surface area contributed by atoms with Gasteiger partial charge in [0, 0.05) is 25.1 Å². The van der Waals surface area contributed by atoms with Gasteiger partial charge in [-0.25, -0.2) is 0 Å². The van der Waals surface area contributed by atoms with Gasteiger partial charge in [0.25, 0.3) is 5.91 Å². The number of benzene rings is 1. The van der Waals surface area contributed by atoms with Crippen molar-refractivity contribution in [2.45, 2.75) is 57.2 Å². The summed E-state index contributed by atoms with van der Waals surface area (Å²) in [6.07, 6.45) is 3.29. The SMILES string of the molecule is O=C1CCC(N2Cc3c(CCCO[C@H]4C[C@H](C(=O)O)C4)cccc3C2=O)C(=O)N1. The number of hydrogen-bond acceptors (Lipinski definition) is 5. The van der Waals surface area contributed by atoms with Gasteiger partial charge in [-0.3, -0.25) is 24.5 Å². The van der Waals surface area contributed by atoms with Crippen LogP contribution in [-0.2, 0) is 32.1 Å². The number of hydrogen-bond donors (Lipinski definition) is 2. The molecule has 3 aliphatic rings. The van der Waals surface area contributed by atoms with Crippen molar-refractivity contribution in [3.05, 3.63) is 34.9 Å². The van der Waals surface area contributed by atoms with Gasteiger partial charge in [-0.05, 0) is 49.3 Å². The second kappa shape index (κ2) is 7.94. The van der Waals surface area contributed by atoms with Crippen molar-refractivity contribution in [2.75, 3.05) is 6.61 Å². The molecule has 1 aliphatic carbocycles. The Kier molecular flexibility index (Phi) is 5.36. The van der Waals surface area contributed by atoms with E-state index in [9.17, 15) is 19.2 Å². The maximum Gasteiger partial charge on any atom is 0.306 e. The molecule has 4 rings (SSSR count). The number of carbonyl (C=O) groups is 4. The highest BCUT2D eigenvalue weighted by molar-refractivity contribution is 6.05. The van der Waals surface area contributed by atoms with Gasteiger partial charge in [0.15, 0.2) is 0 Å². The number of ether oxygens (including phenoxy) is 1. The topological polar surface area (TPSA) is 113 Å². The fourth-order valence-electron chi connectivity index (χ4n) is 4.30. The van der Waals surface area contributed by atoms with Crippen molar-refractivity contribution in [1.82, 2.24) is 10.2 Å². The molecule has 0 bridgehead atoms. The van der Waals surface area contributed by atoms with Crippen LogP contribution in [0.15, 0.2) is 18.2 Å². The maximum atomic E-state index is 12.8. The summed E-state index contributed by atoms with van der Waals surface area (Å²) in [4.78, 5) is 48.8. The predicted octanol–water partition coefficient (Wildman–Crippen LogP) is 1.26. The smallest absolute Gasteiger partial charge is 0.306 e. The molecule has 3 amide bonds. The number of nitrogens with zero attached hydrogens (tertiary/aromatic N) is 1. The lowest BCUT2D eigenvalue weighted by atomic mass is 9.82. The molecule has 8 nitrogen and oxygen atoms in total. The molecule has 2 heterocycles. The Morgan fingerprint density at radius 2 is 2.03 bits per heavy atom. The lowest BCUT2D eigenvalue weighted by Crippen LogP contribution is -2.52. The first-order valence-corrected chi connectivity index (χ1v) is 10.0. The molecule has 1 unspecified atom stereocenters. The summed E-state index contributed by atoms with van der Waals surface area (Å²) in [6, 6.07) is 5.02. The van der Waals surface area contributed by atoms with Crippen LogP contribution in [0.1, 0.15) is 53.6 Å². The molecule has 1 aromatic rings. The first-order valence-electron chi connectivity index (χ1n) is 10.0. The molecule has 29 heavy (non-hydrogen) atoms. The molecule has 1 saturated heterocycles. The summed E-state index contributed by atoms with van der Waals surface area (Å²) in [6.45, 7) is 0.922. The Bertz CT molecular complexity index is 861. The van der Waals surface area contributed by atoms with Crippen LogP contribution in [-0.4, -0.2) is 52.4 Å². The lowest BCUT2D eigenvalue weighted by molar-refractivity contribution is -0.151. The van der Waals surface area contributed by atoms with Crippen LogP contribution in [0.2, 0.25) is 0 Å². The van der Waals surface area contributed by atoms with Gasteiger partial charge in [0.2, 0.25) is 11.8 Å². The van der Waals surface area contributed by atoms with Crippen LogP contribution >= 0.6 is 0 Å². The zero-order chi connectivity index (χ0) is 20.5. The van der Waals surface area contributed by atoms with Crippen molar-refractivity contribution < 1.29 is 29.0 Å². The average molecular weight is 400 g/mol. The second-order valence-corrected chi connectivity index (χ2v) is 7.95. The molecule has 154 valence electrons. The Morgan fingerprint density at radius 3 is 2.76 bits per heavy atom. The summed E-state index contributed by atoms with van der Waals surface area (Å²) in [5.74, 6) is -1.90. The summed E-state index contributed by atoms with van der Waals surface area (Å²) in [7, 11) is 0. The van der Waals surface area contributed by atoms with Gasteiger partial charge in [-0.2, -0.15) is 0 Å². The van der Waals surface area contributed by atoms with E-state index in [2.05, 4.69) is 5.32 Å². The average Bonchev–Trinajstić information content (AvgIpc) is 2.97. The van der Waals surface area contributed by atoms with E-state index in [1.54, 1.807) is 11.0 Å². The normalized spacial score (nSPS) is 26.1. The monoisotopic (exact) mass is 400 g/mol. The minimum absolute atomic E-state index is 0.0298. The fraction of sp³-hybridized carbons (Fsp3) is 0.524. The highest BCUT2D eigenvalue weighted by Crippen LogP contribution is 2.32. The number of carboxylic acid groups (broad SMARTS) is 1. The van der Waals surface area contributed by atoms with E-state index >= 15 is 0 Å². The van der Waals surface area contributed by atoms with Gasteiger partial charge in [-0.1, -0.05) is 12.1 Å². The molecular formula is C21H24N2O6. The van der Waals surface area contributed by atoms with Crippen LogP contribution in [0.3, 0.4) is 0 Å². The third-order valence-corrected chi connectivity index (χ3v) is 6.07. The molecule has 2 fully saturated rings. The molecule has 2 N–H and O–H groups in total. The number of nitrogens with one attached hydrogen (secondary N) is 1. The Labute approximate surface area is 168 Å². The number of rotatable bonds is 7. The Balaban J connectivity index is 1.33. The molecule has 0 spiro atoms. The third kappa shape index (κ3) is 3.89. The van der Waals surface area contributed by atoms with Gasteiger partial charge >= 0.3 is 5.97 Å². The maximum absolute atomic E-state index is 12.8. The van der Waals surface area contributed by atoms with Gasteiger partial charge in [0.05, 0.1) is 12.0 Å². The number of amides is 3. The van der Waals surface area contributed by atoms with Gasteiger partial charge in [0.1, 0.15) is 6.04 Å². The zero-order valence-electron chi connectivity index (χ0n) is 16.1. The quantitative estimate of drug-likeness (QED) is 0.526. The number of aliphatic carboxylic acids is 1. The van der Waals surface area contributed by atoms with Crippen molar-refractivity contribution in [2.24, 2.45) is 5.92 Å². The largest absolute Gasteiger partial charge is 0.481 e. The number of fused-ring (bicyclic) bond motifs is 1. The highest BCUT2D eigenvalue weighted by atomic mass is 16.5. The minimum atomic E-state index is -0.755. The van der Waals surface area contributed by atoms with Crippen LogP contribution in [0.5, 0.6) is 0 Å². The minimum Gasteiger partial charge on any atom is -0.481 e. The third-order valence-electron chi connectivity index (χ3n) is 6.07. The molecule has 2 aliphatic heterocycles. The number of imide groups is 1. The van der Waals surface area contributed by atoms with E-state index in [-0.39, 0.29) is 30.3 Å². The van der Waals surface area contributed by atoms with Crippen molar-refractivity contribution in [3.63, 3.8) is 0 Å². The summed E-state index contributed by atoms with van der Waals surface area (Å²) < 4.78 is 5.74. The molecule has 1 atom stereocenters. The van der Waals surface area contributed by atoms with E-state index in [0.29, 0.717) is 38.0 Å². The Hall–Kier alpha value is -2.74. The fourth-order valence-corrected chi connectivity index (χ4v) is 4.30. The van der Waals surface area contributed by atoms with E-state index in [4.69, 9.17) is 9.84 Å². The molecule has 1 saturated carbocycles. The summed E-state index contributed by atoms with van der Waals surface area (Å²) in [5, 5.41) is 11.2. The number of piperidine rings is 1. The lowest BCUT2D eigenvalue weighted by Gasteiger charge is -2.32. The van der Waals surface area contributed by atoms with Gasteiger partial charge < -0.3 is 14.7 Å². The van der Waals surface area contributed by atoms with Crippen LogP contribution in [0.4, 0.5) is 0 Å². The standard InChI is InChI=1S/C21H24N2O6/c24-18-7-6-17(19(25)22-18)23-11-16-12(3-1-5-15(16)20(23)26)4-2-8-29-14-9-13(10-14)21(27)28/h1,3,5,13-14,17H,2,4,6-11H2,(H,27,28)(H,22,24,25)/t13-,14-,17?. The molecule has 8 heteroatoms. The van der Waals surface area contributed by atoms with Crippen LogP contribution < -0.4 is 5.32 Å². The van der Waals surface area contributed by atoms with Gasteiger partial charge in [-0.15, -0.1) is 0 Å².